The molecule has 0 saturated carbocycles. The summed E-state index contributed by atoms with van der Waals surface area (Å²) >= 11 is 11.7. The quantitative estimate of drug-likeness (QED) is 0.570. The SMILES string of the molecule is C[C@H](NC(=O)C1CCN(C(=O)/C=C/c2ccc(F)c(Cl)c2Cl)CC1)C(=O)O. The number of halogens is 3. The number of rotatable bonds is 5. The molecule has 1 fully saturated rings. The van der Waals surface area contributed by atoms with E-state index >= 15 is 0 Å². The monoisotopic (exact) mass is 416 g/mol. The number of carboxylic acids is 1. The van der Waals surface area contributed by atoms with Crippen molar-refractivity contribution in [3.8, 4) is 0 Å². The van der Waals surface area contributed by atoms with Crippen LogP contribution in [0.5, 0.6) is 0 Å². The van der Waals surface area contributed by atoms with Crippen molar-refractivity contribution in [3.63, 3.8) is 0 Å². The average molecular weight is 417 g/mol. The summed E-state index contributed by atoms with van der Waals surface area (Å²) in [5.74, 6) is -2.64. The Hall–Kier alpha value is -2.12. The Balaban J connectivity index is 1.90. The number of benzene rings is 1. The van der Waals surface area contributed by atoms with Crippen LogP contribution < -0.4 is 5.32 Å². The van der Waals surface area contributed by atoms with E-state index in [1.807, 2.05) is 0 Å². The van der Waals surface area contributed by atoms with Gasteiger partial charge in [0.2, 0.25) is 11.8 Å². The molecule has 0 radical (unpaired) electrons. The Bertz CT molecular complexity index is 777. The molecule has 1 aromatic rings. The van der Waals surface area contributed by atoms with E-state index in [1.54, 1.807) is 4.90 Å². The highest BCUT2D eigenvalue weighted by atomic mass is 35.5. The third-order valence-electron chi connectivity index (χ3n) is 4.38. The average Bonchev–Trinajstić information content (AvgIpc) is 2.65. The Labute approximate surface area is 165 Å². The molecule has 9 heteroatoms. The van der Waals surface area contributed by atoms with E-state index in [0.717, 1.165) is 0 Å². The van der Waals surface area contributed by atoms with Crippen LogP contribution in [0, 0.1) is 11.7 Å². The number of hydrogen-bond acceptors (Lipinski definition) is 3. The molecule has 1 saturated heterocycles. The lowest BCUT2D eigenvalue weighted by atomic mass is 9.95. The van der Waals surface area contributed by atoms with E-state index in [-0.39, 0.29) is 27.8 Å². The molecule has 0 aliphatic carbocycles. The van der Waals surface area contributed by atoms with E-state index in [1.165, 1.54) is 31.2 Å². The largest absolute Gasteiger partial charge is 0.480 e. The number of carbonyl (C=O) groups is 3. The molecule has 2 N–H and O–H groups in total. The van der Waals surface area contributed by atoms with Crippen LogP contribution in [0.25, 0.3) is 6.08 Å². The maximum Gasteiger partial charge on any atom is 0.325 e. The van der Waals surface area contributed by atoms with Crippen LogP contribution in [0.1, 0.15) is 25.3 Å². The smallest absolute Gasteiger partial charge is 0.325 e. The summed E-state index contributed by atoms with van der Waals surface area (Å²) in [5, 5.41) is 11.1. The molecule has 0 aromatic heterocycles. The number of nitrogens with zero attached hydrogens (tertiary/aromatic N) is 1. The lowest BCUT2D eigenvalue weighted by Gasteiger charge is -2.31. The van der Waals surface area contributed by atoms with Crippen molar-refractivity contribution in [2.75, 3.05) is 13.1 Å². The molecule has 146 valence electrons. The van der Waals surface area contributed by atoms with Crippen molar-refractivity contribution in [2.45, 2.75) is 25.8 Å². The maximum atomic E-state index is 13.3. The minimum absolute atomic E-state index is 0.0312. The number of likely N-dealkylation sites (tertiary alicyclic amines) is 1. The summed E-state index contributed by atoms with van der Waals surface area (Å²) in [7, 11) is 0. The third kappa shape index (κ3) is 5.43. The van der Waals surface area contributed by atoms with Gasteiger partial charge in [0.25, 0.3) is 0 Å². The zero-order valence-corrected chi connectivity index (χ0v) is 16.1. The number of hydrogen-bond donors (Lipinski definition) is 2. The van der Waals surface area contributed by atoms with Crippen molar-refractivity contribution in [2.24, 2.45) is 5.92 Å². The Morgan fingerprint density at radius 3 is 2.48 bits per heavy atom. The molecular weight excluding hydrogens is 398 g/mol. The summed E-state index contributed by atoms with van der Waals surface area (Å²) in [4.78, 5) is 36.7. The first-order valence-corrected chi connectivity index (χ1v) is 9.10. The van der Waals surface area contributed by atoms with E-state index in [2.05, 4.69) is 5.32 Å². The van der Waals surface area contributed by atoms with E-state index in [0.29, 0.717) is 31.5 Å². The molecule has 0 unspecified atom stereocenters. The Kier molecular flexibility index (Phi) is 7.21. The van der Waals surface area contributed by atoms with Crippen LogP contribution in [-0.4, -0.2) is 46.9 Å². The zero-order valence-electron chi connectivity index (χ0n) is 14.5. The Morgan fingerprint density at radius 2 is 1.89 bits per heavy atom. The number of carboxylic acid groups (broad SMARTS) is 1. The predicted octanol–water partition coefficient (Wildman–Crippen LogP) is 2.97. The highest BCUT2D eigenvalue weighted by Crippen LogP contribution is 2.29. The number of piperidine rings is 1. The van der Waals surface area contributed by atoms with Gasteiger partial charge in [-0.2, -0.15) is 0 Å². The zero-order chi connectivity index (χ0) is 20.1. The summed E-state index contributed by atoms with van der Waals surface area (Å²) < 4.78 is 13.3. The van der Waals surface area contributed by atoms with Gasteiger partial charge in [-0.15, -0.1) is 0 Å². The number of amides is 2. The Morgan fingerprint density at radius 1 is 1.26 bits per heavy atom. The molecule has 2 rings (SSSR count). The summed E-state index contributed by atoms with van der Waals surface area (Å²) in [6.07, 6.45) is 3.67. The van der Waals surface area contributed by atoms with Crippen molar-refractivity contribution in [1.29, 1.82) is 0 Å². The molecule has 6 nitrogen and oxygen atoms in total. The first kappa shape index (κ1) is 21.2. The van der Waals surface area contributed by atoms with Crippen LogP contribution in [-0.2, 0) is 14.4 Å². The fraction of sp³-hybridized carbons (Fsp3) is 0.389. The van der Waals surface area contributed by atoms with Gasteiger partial charge in [-0.3, -0.25) is 14.4 Å². The molecule has 1 aromatic carbocycles. The lowest BCUT2D eigenvalue weighted by molar-refractivity contribution is -0.142. The van der Waals surface area contributed by atoms with Gasteiger partial charge in [-0.05, 0) is 37.5 Å². The maximum absolute atomic E-state index is 13.3. The fourth-order valence-corrected chi connectivity index (χ4v) is 3.08. The molecule has 0 spiro atoms. The lowest BCUT2D eigenvalue weighted by Crippen LogP contribution is -2.46. The van der Waals surface area contributed by atoms with Gasteiger partial charge in [0.15, 0.2) is 0 Å². The second-order valence-electron chi connectivity index (χ2n) is 6.27. The fourth-order valence-electron chi connectivity index (χ4n) is 2.69. The van der Waals surface area contributed by atoms with Gasteiger partial charge in [0.05, 0.1) is 10.0 Å². The first-order valence-electron chi connectivity index (χ1n) is 8.34. The molecule has 1 aliphatic heterocycles. The second kappa shape index (κ2) is 9.19. The van der Waals surface area contributed by atoms with Crippen molar-refractivity contribution in [3.05, 3.63) is 39.6 Å². The van der Waals surface area contributed by atoms with Gasteiger partial charge in [-0.1, -0.05) is 29.3 Å². The molecule has 1 aliphatic rings. The van der Waals surface area contributed by atoms with Gasteiger partial charge in [0, 0.05) is 25.1 Å². The van der Waals surface area contributed by atoms with Gasteiger partial charge in [0.1, 0.15) is 11.9 Å². The summed E-state index contributed by atoms with van der Waals surface area (Å²) in [6, 6.07) is 1.64. The normalized spacial score (nSPS) is 16.4. The highest BCUT2D eigenvalue weighted by molar-refractivity contribution is 6.43. The van der Waals surface area contributed by atoms with Crippen LogP contribution in [0.2, 0.25) is 10.0 Å². The predicted molar refractivity (Wildman–Crippen MR) is 100.0 cm³/mol. The van der Waals surface area contributed by atoms with Crippen LogP contribution in [0.15, 0.2) is 18.2 Å². The molecule has 1 atom stereocenters. The van der Waals surface area contributed by atoms with Gasteiger partial charge < -0.3 is 15.3 Å². The van der Waals surface area contributed by atoms with Crippen LogP contribution in [0.4, 0.5) is 4.39 Å². The number of nitrogens with one attached hydrogen (secondary N) is 1. The standard InChI is InChI=1S/C18H19Cl2FN2O4/c1-10(18(26)27)22-17(25)12-6-8-23(9-7-12)14(24)5-3-11-2-4-13(21)16(20)15(11)19/h2-5,10,12H,6-9H2,1H3,(H,22,25)(H,26,27)/b5-3+/t10-/m0/s1. The van der Waals surface area contributed by atoms with Crippen LogP contribution in [0.3, 0.4) is 0 Å². The van der Waals surface area contributed by atoms with Crippen molar-refractivity contribution in [1.82, 2.24) is 10.2 Å². The van der Waals surface area contributed by atoms with E-state index < -0.39 is 17.8 Å². The first-order chi connectivity index (χ1) is 12.7. The van der Waals surface area contributed by atoms with Gasteiger partial charge >= 0.3 is 5.97 Å². The minimum Gasteiger partial charge on any atom is -0.480 e. The van der Waals surface area contributed by atoms with Crippen molar-refractivity contribution < 1.29 is 23.9 Å². The molecule has 1 heterocycles. The molecule has 0 bridgehead atoms. The second-order valence-corrected chi connectivity index (χ2v) is 7.02. The third-order valence-corrected chi connectivity index (χ3v) is 5.25. The molecule has 2 amide bonds. The topological polar surface area (TPSA) is 86.7 Å². The number of aliphatic carboxylic acids is 1. The number of carbonyl (C=O) groups excluding carboxylic acids is 2. The summed E-state index contributed by atoms with van der Waals surface area (Å²) in [5.41, 5.74) is 0.424. The molecule has 27 heavy (non-hydrogen) atoms. The highest BCUT2D eigenvalue weighted by Gasteiger charge is 2.28. The molecular formula is C18H19Cl2FN2O4. The minimum atomic E-state index is -1.10. The van der Waals surface area contributed by atoms with E-state index in [9.17, 15) is 18.8 Å². The van der Waals surface area contributed by atoms with Crippen LogP contribution >= 0.6 is 23.2 Å². The van der Waals surface area contributed by atoms with Crippen molar-refractivity contribution >= 4 is 47.1 Å². The van der Waals surface area contributed by atoms with E-state index in [4.69, 9.17) is 28.3 Å². The van der Waals surface area contributed by atoms with Gasteiger partial charge in [-0.25, -0.2) is 4.39 Å². The summed E-state index contributed by atoms with van der Waals surface area (Å²) in [6.45, 7) is 2.15.